The SMILES string of the molecule is CCCCCCCCCCCCC(C(=O)[O-])C(O)(CC(=O)[O-])C(=O)O.[Na+].[Na+]. The van der Waals surface area contributed by atoms with E-state index in [-0.39, 0.29) is 65.5 Å². The average Bonchev–Trinajstić information content (AvgIpc) is 2.51. The molecular formula is C18H30Na2O7. The third-order valence-electron chi connectivity index (χ3n) is 4.49. The predicted molar refractivity (Wildman–Crippen MR) is 87.2 cm³/mol. The number of carbonyl (C=O) groups excluding carboxylic acids is 2. The number of aliphatic carboxylic acids is 3. The van der Waals surface area contributed by atoms with Crippen molar-refractivity contribution in [3.63, 3.8) is 0 Å². The molecule has 2 N–H and O–H groups in total. The molecule has 0 bridgehead atoms. The molecule has 146 valence electrons. The molecule has 9 heteroatoms. The van der Waals surface area contributed by atoms with E-state index in [1.807, 2.05) is 0 Å². The van der Waals surface area contributed by atoms with Gasteiger partial charge in [0, 0.05) is 24.3 Å². The third kappa shape index (κ3) is 14.1. The molecule has 0 amide bonds. The van der Waals surface area contributed by atoms with E-state index in [1.54, 1.807) is 0 Å². The minimum Gasteiger partial charge on any atom is -0.550 e. The topological polar surface area (TPSA) is 138 Å². The van der Waals surface area contributed by atoms with E-state index in [1.165, 1.54) is 32.1 Å². The van der Waals surface area contributed by atoms with Gasteiger partial charge >= 0.3 is 65.1 Å². The first-order valence-electron chi connectivity index (χ1n) is 9.12. The Hall–Kier alpha value is 0.370. The van der Waals surface area contributed by atoms with Gasteiger partial charge in [-0.1, -0.05) is 71.1 Å². The molecule has 0 aliphatic heterocycles. The molecule has 0 radical (unpaired) electrons. The summed E-state index contributed by atoms with van der Waals surface area (Å²) in [6.45, 7) is 2.16. The van der Waals surface area contributed by atoms with E-state index in [9.17, 15) is 29.7 Å². The van der Waals surface area contributed by atoms with Gasteiger partial charge in [0.2, 0.25) is 0 Å². The molecule has 0 rings (SSSR count). The monoisotopic (exact) mass is 404 g/mol. The Balaban J connectivity index is -0.00000288. The number of rotatable bonds is 16. The molecule has 2 atom stereocenters. The van der Waals surface area contributed by atoms with Crippen molar-refractivity contribution in [1.82, 2.24) is 0 Å². The summed E-state index contributed by atoms with van der Waals surface area (Å²) in [5.41, 5.74) is -2.91. The Morgan fingerprint density at radius 3 is 1.59 bits per heavy atom. The smallest absolute Gasteiger partial charge is 0.550 e. The van der Waals surface area contributed by atoms with Gasteiger partial charge in [-0.05, 0) is 6.42 Å². The van der Waals surface area contributed by atoms with Crippen LogP contribution in [0.1, 0.15) is 84.0 Å². The van der Waals surface area contributed by atoms with Crippen molar-refractivity contribution in [2.75, 3.05) is 0 Å². The Morgan fingerprint density at radius 1 is 0.852 bits per heavy atom. The molecule has 0 aliphatic rings. The molecule has 0 aliphatic carbocycles. The van der Waals surface area contributed by atoms with Crippen molar-refractivity contribution < 1.29 is 93.9 Å². The summed E-state index contributed by atoms with van der Waals surface area (Å²) in [5.74, 6) is -7.25. The second-order valence-electron chi connectivity index (χ2n) is 6.62. The van der Waals surface area contributed by atoms with E-state index in [0.29, 0.717) is 12.8 Å². The number of carboxylic acids is 3. The van der Waals surface area contributed by atoms with Crippen LogP contribution in [0.15, 0.2) is 0 Å². The van der Waals surface area contributed by atoms with Crippen molar-refractivity contribution in [3.8, 4) is 0 Å². The summed E-state index contributed by atoms with van der Waals surface area (Å²) in [6, 6.07) is 0. The Kier molecular flexibility index (Phi) is 21.8. The molecule has 27 heavy (non-hydrogen) atoms. The van der Waals surface area contributed by atoms with Crippen LogP contribution >= 0.6 is 0 Å². The van der Waals surface area contributed by atoms with Gasteiger partial charge in [-0.25, -0.2) is 4.79 Å². The fourth-order valence-corrected chi connectivity index (χ4v) is 2.96. The fourth-order valence-electron chi connectivity index (χ4n) is 2.96. The van der Waals surface area contributed by atoms with Gasteiger partial charge in [0.15, 0.2) is 5.60 Å². The molecule has 7 nitrogen and oxygen atoms in total. The first-order valence-corrected chi connectivity index (χ1v) is 9.12. The van der Waals surface area contributed by atoms with Crippen LogP contribution in [0.25, 0.3) is 0 Å². The number of carboxylic acid groups (broad SMARTS) is 3. The maximum absolute atomic E-state index is 11.2. The van der Waals surface area contributed by atoms with Crippen molar-refractivity contribution in [2.45, 2.75) is 89.6 Å². The van der Waals surface area contributed by atoms with Crippen LogP contribution in [-0.2, 0) is 14.4 Å². The Bertz CT molecular complexity index is 432. The number of hydrogen-bond acceptors (Lipinski definition) is 6. The Morgan fingerprint density at radius 2 is 1.26 bits per heavy atom. The molecule has 2 unspecified atom stereocenters. The van der Waals surface area contributed by atoms with Crippen LogP contribution in [0.2, 0.25) is 0 Å². The van der Waals surface area contributed by atoms with Crippen molar-refractivity contribution in [1.29, 1.82) is 0 Å². The first-order chi connectivity index (χ1) is 11.8. The predicted octanol–water partition coefficient (Wildman–Crippen LogP) is -5.37. The van der Waals surface area contributed by atoms with Gasteiger partial charge in [0.1, 0.15) is 0 Å². The molecule has 0 aromatic carbocycles. The standard InChI is InChI=1S/C18H32O7.2Na/c1-2-3-4-5-6-7-8-9-10-11-12-14(16(21)22)18(25,17(23)24)13-15(19)20;;/h14,25H,2-13H2,1H3,(H,19,20)(H,21,22)(H,23,24);;/q;2*+1/p-2. The fraction of sp³-hybridized carbons (Fsp3) is 0.833. The number of aliphatic hydroxyl groups is 1. The summed E-state index contributed by atoms with van der Waals surface area (Å²) in [7, 11) is 0. The van der Waals surface area contributed by atoms with Gasteiger partial charge in [0.05, 0.1) is 0 Å². The van der Waals surface area contributed by atoms with E-state index in [2.05, 4.69) is 6.92 Å². The van der Waals surface area contributed by atoms with Crippen molar-refractivity contribution in [2.24, 2.45) is 5.92 Å². The van der Waals surface area contributed by atoms with Gasteiger partial charge in [-0.3, -0.25) is 0 Å². The van der Waals surface area contributed by atoms with Gasteiger partial charge < -0.3 is 30.0 Å². The number of unbranched alkanes of at least 4 members (excludes halogenated alkanes) is 9. The van der Waals surface area contributed by atoms with E-state index < -0.39 is 35.8 Å². The van der Waals surface area contributed by atoms with Crippen LogP contribution in [0.3, 0.4) is 0 Å². The molecule has 0 saturated heterocycles. The third-order valence-corrected chi connectivity index (χ3v) is 4.49. The quantitative estimate of drug-likeness (QED) is 0.193. The molecule has 0 fully saturated rings. The first kappa shape index (κ1) is 32.0. The minimum absolute atomic E-state index is 0. The number of hydrogen-bond donors (Lipinski definition) is 2. The molecule has 0 aromatic heterocycles. The second-order valence-corrected chi connectivity index (χ2v) is 6.62. The summed E-state index contributed by atoms with van der Waals surface area (Å²) in [5, 5.41) is 40.8. The van der Waals surface area contributed by atoms with Crippen molar-refractivity contribution in [3.05, 3.63) is 0 Å². The van der Waals surface area contributed by atoms with Crippen LogP contribution in [0.5, 0.6) is 0 Å². The second kappa shape index (κ2) is 18.4. The van der Waals surface area contributed by atoms with E-state index >= 15 is 0 Å². The zero-order valence-electron chi connectivity index (χ0n) is 17.0. The summed E-state index contributed by atoms with van der Waals surface area (Å²) in [4.78, 5) is 33.0. The summed E-state index contributed by atoms with van der Waals surface area (Å²) in [6.07, 6.45) is 8.77. The zero-order valence-corrected chi connectivity index (χ0v) is 21.0. The molecule has 0 saturated carbocycles. The number of carbonyl (C=O) groups is 3. The van der Waals surface area contributed by atoms with Gasteiger partial charge in [-0.2, -0.15) is 0 Å². The largest absolute Gasteiger partial charge is 1.00 e. The molecule has 0 aromatic rings. The molecular weight excluding hydrogens is 374 g/mol. The van der Waals surface area contributed by atoms with Gasteiger partial charge in [0.25, 0.3) is 0 Å². The Labute approximate surface area is 205 Å². The van der Waals surface area contributed by atoms with E-state index in [0.717, 1.165) is 19.3 Å². The summed E-state index contributed by atoms with van der Waals surface area (Å²) < 4.78 is 0. The maximum atomic E-state index is 11.2. The van der Waals surface area contributed by atoms with Crippen LogP contribution in [-0.4, -0.2) is 33.7 Å². The van der Waals surface area contributed by atoms with Gasteiger partial charge in [-0.15, -0.1) is 0 Å². The van der Waals surface area contributed by atoms with Crippen molar-refractivity contribution >= 4 is 17.9 Å². The summed E-state index contributed by atoms with van der Waals surface area (Å²) >= 11 is 0. The molecule has 0 heterocycles. The van der Waals surface area contributed by atoms with Crippen LogP contribution in [0, 0.1) is 5.92 Å². The van der Waals surface area contributed by atoms with Crippen LogP contribution in [0.4, 0.5) is 0 Å². The van der Waals surface area contributed by atoms with Crippen LogP contribution < -0.4 is 69.3 Å². The van der Waals surface area contributed by atoms with E-state index in [4.69, 9.17) is 5.11 Å². The maximum Gasteiger partial charge on any atom is 1.00 e. The molecule has 0 spiro atoms. The average molecular weight is 404 g/mol. The minimum atomic E-state index is -2.91. The normalized spacial score (nSPS) is 13.6. The zero-order chi connectivity index (χ0) is 19.3.